The second kappa shape index (κ2) is 3.56. The zero-order valence-electron chi connectivity index (χ0n) is 8.25. The summed E-state index contributed by atoms with van der Waals surface area (Å²) in [6, 6.07) is 3.76. The van der Waals surface area contributed by atoms with Crippen molar-refractivity contribution in [1.82, 2.24) is 14.6 Å². The molecule has 78 valence electrons. The number of hydrogen-bond donors (Lipinski definition) is 2. The molecule has 0 unspecified atom stereocenters. The lowest BCUT2D eigenvalue weighted by Crippen LogP contribution is -2.16. The molecule has 0 spiro atoms. The molecule has 0 aromatic carbocycles. The molecule has 0 amide bonds. The minimum absolute atomic E-state index is 0.159. The van der Waals surface area contributed by atoms with E-state index in [0.29, 0.717) is 12.2 Å². The highest BCUT2D eigenvalue weighted by Gasteiger charge is 2.05. The Balaban J connectivity index is 2.48. The third-order valence-corrected chi connectivity index (χ3v) is 2.08. The number of nitrogens with zero attached hydrogens (tertiary/aromatic N) is 4. The van der Waals surface area contributed by atoms with Crippen LogP contribution < -0.4 is 5.73 Å². The number of oxime groups is 1. The summed E-state index contributed by atoms with van der Waals surface area (Å²) < 4.78 is 1.74. The highest BCUT2D eigenvalue weighted by atomic mass is 16.4. The molecule has 6 nitrogen and oxygen atoms in total. The van der Waals surface area contributed by atoms with E-state index in [4.69, 9.17) is 10.9 Å². The molecule has 0 bridgehead atoms. The quantitative estimate of drug-likeness (QED) is 0.320. The van der Waals surface area contributed by atoms with Crippen molar-refractivity contribution in [2.24, 2.45) is 10.9 Å². The fraction of sp³-hybridized carbons (Fsp3) is 0.222. The average Bonchev–Trinajstić information content (AvgIpc) is 2.61. The molecule has 2 aromatic rings. The van der Waals surface area contributed by atoms with Crippen LogP contribution in [0.4, 0.5) is 0 Å². The normalized spacial score (nSPS) is 12.2. The monoisotopic (exact) mass is 205 g/mol. The van der Waals surface area contributed by atoms with Gasteiger partial charge in [0.25, 0.3) is 0 Å². The Labute approximate surface area is 86.0 Å². The van der Waals surface area contributed by atoms with Crippen LogP contribution in [0.15, 0.2) is 23.5 Å². The van der Waals surface area contributed by atoms with Gasteiger partial charge in [-0.05, 0) is 19.1 Å². The Kier molecular flexibility index (Phi) is 2.24. The lowest BCUT2D eigenvalue weighted by molar-refractivity contribution is 0.317. The van der Waals surface area contributed by atoms with Crippen molar-refractivity contribution in [3.8, 4) is 0 Å². The first kappa shape index (κ1) is 9.45. The van der Waals surface area contributed by atoms with Crippen LogP contribution in [-0.2, 0) is 6.42 Å². The van der Waals surface area contributed by atoms with Crippen molar-refractivity contribution in [3.05, 3.63) is 29.8 Å². The molecule has 0 atom stereocenters. The Morgan fingerprint density at radius 3 is 3.13 bits per heavy atom. The number of amidine groups is 1. The van der Waals surface area contributed by atoms with Crippen molar-refractivity contribution < 1.29 is 5.21 Å². The van der Waals surface area contributed by atoms with Gasteiger partial charge >= 0.3 is 0 Å². The van der Waals surface area contributed by atoms with E-state index in [-0.39, 0.29) is 5.84 Å². The first-order chi connectivity index (χ1) is 7.20. The van der Waals surface area contributed by atoms with Crippen LogP contribution in [0.2, 0.25) is 0 Å². The Morgan fingerprint density at radius 2 is 2.40 bits per heavy atom. The fourth-order valence-electron chi connectivity index (χ4n) is 1.39. The van der Waals surface area contributed by atoms with Crippen molar-refractivity contribution in [2.75, 3.05) is 0 Å². The van der Waals surface area contributed by atoms with Crippen molar-refractivity contribution >= 4 is 11.4 Å². The third-order valence-electron chi connectivity index (χ3n) is 2.08. The predicted molar refractivity (Wildman–Crippen MR) is 54.8 cm³/mol. The van der Waals surface area contributed by atoms with Crippen LogP contribution >= 0.6 is 0 Å². The molecule has 15 heavy (non-hydrogen) atoms. The Bertz CT molecular complexity index is 516. The molecule has 6 heteroatoms. The summed E-state index contributed by atoms with van der Waals surface area (Å²) in [4.78, 5) is 4.08. The zero-order chi connectivity index (χ0) is 10.8. The van der Waals surface area contributed by atoms with Gasteiger partial charge in [-0.1, -0.05) is 5.16 Å². The van der Waals surface area contributed by atoms with E-state index in [1.165, 1.54) is 0 Å². The topological polar surface area (TPSA) is 88.8 Å². The van der Waals surface area contributed by atoms with E-state index < -0.39 is 0 Å². The maximum Gasteiger partial charge on any atom is 0.146 e. The van der Waals surface area contributed by atoms with Gasteiger partial charge in [0.2, 0.25) is 0 Å². The largest absolute Gasteiger partial charge is 0.409 e. The van der Waals surface area contributed by atoms with Gasteiger partial charge in [0.15, 0.2) is 0 Å². The van der Waals surface area contributed by atoms with Gasteiger partial charge in [-0.3, -0.25) is 0 Å². The van der Waals surface area contributed by atoms with E-state index in [2.05, 4.69) is 15.2 Å². The summed E-state index contributed by atoms with van der Waals surface area (Å²) in [5.41, 5.74) is 7.19. The van der Waals surface area contributed by atoms with Gasteiger partial charge in [0.05, 0.1) is 23.8 Å². The van der Waals surface area contributed by atoms with E-state index in [1.54, 1.807) is 10.7 Å². The lowest BCUT2D eigenvalue weighted by Gasteiger charge is -2.01. The number of aryl methyl sites for hydroxylation is 1. The maximum absolute atomic E-state index is 8.48. The number of rotatable bonds is 2. The van der Waals surface area contributed by atoms with E-state index in [0.717, 1.165) is 11.2 Å². The van der Waals surface area contributed by atoms with Crippen LogP contribution in [0.1, 0.15) is 11.5 Å². The van der Waals surface area contributed by atoms with Crippen molar-refractivity contribution in [1.29, 1.82) is 0 Å². The molecule has 3 N–H and O–H groups in total. The van der Waals surface area contributed by atoms with Gasteiger partial charge in [-0.2, -0.15) is 5.10 Å². The first-order valence-electron chi connectivity index (χ1n) is 4.47. The number of nitrogens with two attached hydrogens (primary N) is 1. The minimum atomic E-state index is 0.159. The Hall–Kier alpha value is -2.11. The standard InChI is InChI=1S/C9H11N5O/c1-6-11-5-8-3-2-7(14(8)12-6)4-9(10)13-15/h2-3,5,15H,4H2,1H3,(H2,10,13). The third kappa shape index (κ3) is 1.74. The summed E-state index contributed by atoms with van der Waals surface area (Å²) in [5.74, 6) is 0.839. The van der Waals surface area contributed by atoms with Gasteiger partial charge in [-0.15, -0.1) is 0 Å². The summed E-state index contributed by atoms with van der Waals surface area (Å²) in [5, 5.41) is 15.6. The molecule has 2 heterocycles. The van der Waals surface area contributed by atoms with E-state index in [9.17, 15) is 0 Å². The molecule has 0 saturated heterocycles. The van der Waals surface area contributed by atoms with Crippen LogP contribution in [-0.4, -0.2) is 25.6 Å². The minimum Gasteiger partial charge on any atom is -0.409 e. The van der Waals surface area contributed by atoms with Crippen molar-refractivity contribution in [2.45, 2.75) is 13.3 Å². The lowest BCUT2D eigenvalue weighted by atomic mass is 10.3. The number of fused-ring (bicyclic) bond motifs is 1. The summed E-state index contributed by atoms with van der Waals surface area (Å²) in [6.07, 6.45) is 2.10. The molecule has 2 aromatic heterocycles. The summed E-state index contributed by atoms with van der Waals surface area (Å²) in [7, 11) is 0. The fourth-order valence-corrected chi connectivity index (χ4v) is 1.39. The van der Waals surface area contributed by atoms with Gasteiger partial charge < -0.3 is 10.9 Å². The molecular weight excluding hydrogens is 194 g/mol. The van der Waals surface area contributed by atoms with Crippen LogP contribution in [0.25, 0.3) is 5.52 Å². The maximum atomic E-state index is 8.48. The Morgan fingerprint density at radius 1 is 1.60 bits per heavy atom. The number of aromatic nitrogens is 3. The van der Waals surface area contributed by atoms with Gasteiger partial charge in [0, 0.05) is 0 Å². The second-order valence-electron chi connectivity index (χ2n) is 3.23. The zero-order valence-corrected chi connectivity index (χ0v) is 8.25. The molecule has 0 radical (unpaired) electrons. The predicted octanol–water partition coefficient (Wildman–Crippen LogP) is 0.327. The molecule has 0 aliphatic rings. The van der Waals surface area contributed by atoms with Crippen LogP contribution in [0, 0.1) is 6.92 Å². The molecule has 2 rings (SSSR count). The SMILES string of the molecule is Cc1ncc2ccc(C/C(N)=N/O)n2n1. The van der Waals surface area contributed by atoms with E-state index in [1.807, 2.05) is 19.1 Å². The molecule has 0 saturated carbocycles. The smallest absolute Gasteiger partial charge is 0.146 e. The average molecular weight is 205 g/mol. The van der Waals surface area contributed by atoms with Gasteiger partial charge in [-0.25, -0.2) is 9.50 Å². The second-order valence-corrected chi connectivity index (χ2v) is 3.23. The van der Waals surface area contributed by atoms with E-state index >= 15 is 0 Å². The highest BCUT2D eigenvalue weighted by Crippen LogP contribution is 2.08. The van der Waals surface area contributed by atoms with Crippen LogP contribution in [0.5, 0.6) is 0 Å². The number of hydrogen-bond acceptors (Lipinski definition) is 4. The molecule has 0 fully saturated rings. The summed E-state index contributed by atoms with van der Waals surface area (Å²) >= 11 is 0. The molecule has 0 aliphatic heterocycles. The first-order valence-corrected chi connectivity index (χ1v) is 4.47. The molecule has 0 aliphatic carbocycles. The highest BCUT2D eigenvalue weighted by molar-refractivity contribution is 5.81. The molecular formula is C9H11N5O. The van der Waals surface area contributed by atoms with Gasteiger partial charge in [0.1, 0.15) is 11.7 Å². The van der Waals surface area contributed by atoms with Crippen molar-refractivity contribution in [3.63, 3.8) is 0 Å². The van der Waals surface area contributed by atoms with Crippen LogP contribution in [0.3, 0.4) is 0 Å². The summed E-state index contributed by atoms with van der Waals surface area (Å²) in [6.45, 7) is 1.81.